The predicted octanol–water partition coefficient (Wildman–Crippen LogP) is 4.53. The van der Waals surface area contributed by atoms with E-state index in [9.17, 15) is 17.6 Å². The molecule has 2 rings (SSSR count). The molecule has 1 aromatic rings. The maximum Gasteiger partial charge on any atom is 0.419 e. The van der Waals surface area contributed by atoms with E-state index in [0.717, 1.165) is 25.0 Å². The molecular weight excluding hydrogens is 292 g/mol. The molecule has 1 atom stereocenters. The Bertz CT molecular complexity index is 514. The van der Waals surface area contributed by atoms with Crippen molar-refractivity contribution in [3.63, 3.8) is 0 Å². The molecule has 1 aromatic carbocycles. The molecule has 0 bridgehead atoms. The summed E-state index contributed by atoms with van der Waals surface area (Å²) in [5, 5.41) is 3.77. The minimum absolute atomic E-state index is 0.196. The molecule has 0 aliphatic carbocycles. The Morgan fingerprint density at radius 2 is 2.15 bits per heavy atom. The van der Waals surface area contributed by atoms with Crippen LogP contribution in [-0.4, -0.2) is 17.0 Å². The van der Waals surface area contributed by atoms with Crippen LogP contribution in [0.25, 0.3) is 0 Å². The first-order valence-electron chi connectivity index (χ1n) is 6.25. The molecule has 7 heteroatoms. The lowest BCUT2D eigenvalue weighted by Crippen LogP contribution is -2.11. The number of nitrogens with one attached hydrogen (secondary N) is 1. The van der Waals surface area contributed by atoms with E-state index in [1.807, 2.05) is 0 Å². The SMILES string of the molecule is CCCC1CN=C(Nc2ccc(F)c(C(F)(F)F)c2)S1. The number of amidine groups is 1. The summed E-state index contributed by atoms with van der Waals surface area (Å²) in [7, 11) is 0. The predicted molar refractivity (Wildman–Crippen MR) is 73.6 cm³/mol. The number of nitrogens with zero attached hydrogens (tertiary/aromatic N) is 1. The molecule has 0 saturated carbocycles. The number of thioether (sulfide) groups is 1. The quantitative estimate of drug-likeness (QED) is 0.830. The number of benzene rings is 1. The topological polar surface area (TPSA) is 24.4 Å². The van der Waals surface area contributed by atoms with E-state index >= 15 is 0 Å². The van der Waals surface area contributed by atoms with Crippen LogP contribution in [0.5, 0.6) is 0 Å². The molecule has 0 aromatic heterocycles. The van der Waals surface area contributed by atoms with Crippen molar-refractivity contribution in [2.45, 2.75) is 31.2 Å². The molecule has 0 fully saturated rings. The van der Waals surface area contributed by atoms with Crippen LogP contribution < -0.4 is 5.32 Å². The zero-order chi connectivity index (χ0) is 14.8. The standard InChI is InChI=1S/C13H14F4N2S/c1-2-3-9-7-18-12(20-9)19-8-4-5-11(14)10(6-8)13(15,16)17/h4-6,9H,2-3,7H2,1H3,(H,18,19). The average molecular weight is 306 g/mol. The van der Waals surface area contributed by atoms with Gasteiger partial charge in [0.2, 0.25) is 0 Å². The smallest absolute Gasteiger partial charge is 0.335 e. The van der Waals surface area contributed by atoms with E-state index in [0.29, 0.717) is 17.0 Å². The third-order valence-corrected chi connectivity index (χ3v) is 4.02. The summed E-state index contributed by atoms with van der Waals surface area (Å²) in [6.45, 7) is 2.73. The lowest BCUT2D eigenvalue weighted by Gasteiger charge is -2.12. The first kappa shape index (κ1) is 15.2. The van der Waals surface area contributed by atoms with Gasteiger partial charge in [0, 0.05) is 10.9 Å². The van der Waals surface area contributed by atoms with E-state index in [1.54, 1.807) is 0 Å². The van der Waals surface area contributed by atoms with Gasteiger partial charge in [0.05, 0.1) is 12.1 Å². The highest BCUT2D eigenvalue weighted by Crippen LogP contribution is 2.33. The molecule has 1 unspecified atom stereocenters. The van der Waals surface area contributed by atoms with Crippen LogP contribution in [0.3, 0.4) is 0 Å². The maximum atomic E-state index is 13.2. The number of hydrogen-bond acceptors (Lipinski definition) is 3. The van der Waals surface area contributed by atoms with Gasteiger partial charge in [0.1, 0.15) is 5.82 Å². The minimum Gasteiger partial charge on any atom is -0.335 e. The summed E-state index contributed by atoms with van der Waals surface area (Å²) in [5.74, 6) is -1.27. The van der Waals surface area contributed by atoms with Gasteiger partial charge in [0.25, 0.3) is 0 Å². The van der Waals surface area contributed by atoms with Crippen molar-refractivity contribution in [2.24, 2.45) is 4.99 Å². The molecule has 1 N–H and O–H groups in total. The van der Waals surface area contributed by atoms with Gasteiger partial charge in [-0.15, -0.1) is 0 Å². The first-order chi connectivity index (χ1) is 9.40. The van der Waals surface area contributed by atoms with Crippen LogP contribution in [0.15, 0.2) is 23.2 Å². The van der Waals surface area contributed by atoms with Gasteiger partial charge in [-0.2, -0.15) is 13.2 Å². The monoisotopic (exact) mass is 306 g/mol. The Morgan fingerprint density at radius 1 is 1.40 bits per heavy atom. The third kappa shape index (κ3) is 3.65. The van der Waals surface area contributed by atoms with Gasteiger partial charge in [-0.25, -0.2) is 4.39 Å². The van der Waals surface area contributed by atoms with E-state index in [2.05, 4.69) is 17.2 Å². The normalized spacial score (nSPS) is 19.1. The Kier molecular flexibility index (Phi) is 4.57. The number of halogens is 4. The molecule has 2 nitrogen and oxygen atoms in total. The Balaban J connectivity index is 2.08. The van der Waals surface area contributed by atoms with Crippen LogP contribution in [-0.2, 0) is 6.18 Å². The van der Waals surface area contributed by atoms with Crippen LogP contribution in [0.1, 0.15) is 25.3 Å². The summed E-state index contributed by atoms with van der Waals surface area (Å²) >= 11 is 1.51. The van der Waals surface area contributed by atoms with Gasteiger partial charge < -0.3 is 5.32 Å². The molecule has 20 heavy (non-hydrogen) atoms. The number of anilines is 1. The Hall–Kier alpha value is -1.24. The number of aliphatic imine (C=N–C) groups is 1. The molecule has 1 aliphatic heterocycles. The molecular formula is C13H14F4N2S. The lowest BCUT2D eigenvalue weighted by atomic mass is 10.2. The second-order valence-electron chi connectivity index (χ2n) is 4.49. The summed E-state index contributed by atoms with van der Waals surface area (Å²) in [5.41, 5.74) is -1.07. The molecule has 0 radical (unpaired) electrons. The summed E-state index contributed by atoms with van der Waals surface area (Å²) < 4.78 is 51.0. The van der Waals surface area contributed by atoms with Gasteiger partial charge in [-0.1, -0.05) is 25.1 Å². The zero-order valence-electron chi connectivity index (χ0n) is 10.8. The second-order valence-corrected chi connectivity index (χ2v) is 5.78. The largest absolute Gasteiger partial charge is 0.419 e. The molecule has 1 aliphatic rings. The zero-order valence-corrected chi connectivity index (χ0v) is 11.6. The van der Waals surface area contributed by atoms with Crippen LogP contribution in [0.2, 0.25) is 0 Å². The fourth-order valence-corrected chi connectivity index (χ4v) is 3.05. The fraction of sp³-hybridized carbons (Fsp3) is 0.462. The van der Waals surface area contributed by atoms with Crippen LogP contribution in [0, 0.1) is 5.82 Å². The van der Waals surface area contributed by atoms with Crippen LogP contribution in [0.4, 0.5) is 23.2 Å². The highest BCUT2D eigenvalue weighted by atomic mass is 32.2. The van der Waals surface area contributed by atoms with E-state index in [-0.39, 0.29) is 5.69 Å². The van der Waals surface area contributed by atoms with Crippen molar-refractivity contribution >= 4 is 22.6 Å². The number of hydrogen-bond donors (Lipinski definition) is 1. The molecule has 0 spiro atoms. The number of alkyl halides is 3. The lowest BCUT2D eigenvalue weighted by molar-refractivity contribution is -0.139. The van der Waals surface area contributed by atoms with Crippen molar-refractivity contribution in [2.75, 3.05) is 11.9 Å². The third-order valence-electron chi connectivity index (χ3n) is 2.85. The van der Waals surface area contributed by atoms with Gasteiger partial charge in [-0.3, -0.25) is 4.99 Å². The van der Waals surface area contributed by atoms with E-state index in [4.69, 9.17) is 0 Å². The summed E-state index contributed by atoms with van der Waals surface area (Å²) in [6, 6.07) is 2.86. The highest BCUT2D eigenvalue weighted by molar-refractivity contribution is 8.15. The minimum atomic E-state index is -4.70. The highest BCUT2D eigenvalue weighted by Gasteiger charge is 2.34. The van der Waals surface area contributed by atoms with Crippen molar-refractivity contribution < 1.29 is 17.6 Å². The maximum absolute atomic E-state index is 13.2. The van der Waals surface area contributed by atoms with Crippen molar-refractivity contribution in [3.05, 3.63) is 29.6 Å². The van der Waals surface area contributed by atoms with Gasteiger partial charge in [0.15, 0.2) is 5.17 Å². The van der Waals surface area contributed by atoms with Gasteiger partial charge >= 0.3 is 6.18 Å². The van der Waals surface area contributed by atoms with E-state index < -0.39 is 17.6 Å². The first-order valence-corrected chi connectivity index (χ1v) is 7.13. The summed E-state index contributed by atoms with van der Waals surface area (Å²) in [6.07, 6.45) is -2.65. The van der Waals surface area contributed by atoms with E-state index in [1.165, 1.54) is 17.8 Å². The van der Waals surface area contributed by atoms with Crippen LogP contribution >= 0.6 is 11.8 Å². The van der Waals surface area contributed by atoms with Crippen molar-refractivity contribution in [1.29, 1.82) is 0 Å². The Morgan fingerprint density at radius 3 is 2.80 bits per heavy atom. The Labute approximate surface area is 118 Å². The molecule has 0 saturated heterocycles. The van der Waals surface area contributed by atoms with Gasteiger partial charge in [-0.05, 0) is 24.6 Å². The summed E-state index contributed by atoms with van der Waals surface area (Å²) in [4.78, 5) is 4.24. The van der Waals surface area contributed by atoms with Crippen molar-refractivity contribution in [1.82, 2.24) is 0 Å². The second kappa shape index (κ2) is 6.03. The van der Waals surface area contributed by atoms with Crippen molar-refractivity contribution in [3.8, 4) is 0 Å². The molecule has 110 valence electrons. The molecule has 1 heterocycles. The number of rotatable bonds is 3. The average Bonchev–Trinajstić information content (AvgIpc) is 2.78. The fourth-order valence-electron chi connectivity index (χ4n) is 1.90. The molecule has 0 amide bonds.